The molecule has 0 atom stereocenters. The lowest BCUT2D eigenvalue weighted by atomic mass is 10.1. The molecule has 0 aliphatic rings. The highest BCUT2D eigenvalue weighted by atomic mass is 16.2. The number of hydrogen-bond donors (Lipinski definition) is 1. The number of anilines is 1. The number of nitrogens with one attached hydrogen (secondary N) is 1. The van der Waals surface area contributed by atoms with Crippen molar-refractivity contribution in [1.29, 1.82) is 0 Å². The van der Waals surface area contributed by atoms with E-state index in [1.54, 1.807) is 19.0 Å². The van der Waals surface area contributed by atoms with Gasteiger partial charge >= 0.3 is 5.69 Å². The van der Waals surface area contributed by atoms with E-state index in [1.807, 2.05) is 31.2 Å². The number of aromatic nitrogens is 2. The summed E-state index contributed by atoms with van der Waals surface area (Å²) in [6.45, 7) is 2.51. The van der Waals surface area contributed by atoms with Crippen molar-refractivity contribution >= 4 is 11.6 Å². The van der Waals surface area contributed by atoms with Gasteiger partial charge in [-0.2, -0.15) is 0 Å². The van der Waals surface area contributed by atoms with Crippen LogP contribution in [0.4, 0.5) is 5.69 Å². The van der Waals surface area contributed by atoms with Gasteiger partial charge in [-0.1, -0.05) is 25.1 Å². The number of likely N-dealkylation sites (N-methyl/N-ethyl adjacent to an activating group) is 1. The zero-order valence-corrected chi connectivity index (χ0v) is 15.1. The van der Waals surface area contributed by atoms with Crippen LogP contribution in [0.15, 0.2) is 39.9 Å². The molecule has 25 heavy (non-hydrogen) atoms. The Balaban J connectivity index is 2.05. The molecule has 1 aromatic heterocycles. The second-order valence-corrected chi connectivity index (χ2v) is 6.11. The molecule has 2 aromatic rings. The van der Waals surface area contributed by atoms with Crippen LogP contribution >= 0.6 is 0 Å². The molecule has 7 heteroatoms. The molecular formula is C18H24N4O3. The first-order valence-corrected chi connectivity index (χ1v) is 8.15. The molecule has 2 rings (SSSR count). The van der Waals surface area contributed by atoms with Gasteiger partial charge in [0, 0.05) is 38.1 Å². The number of benzene rings is 1. The number of para-hydroxylation sites is 1. The molecule has 0 aliphatic heterocycles. The molecule has 1 heterocycles. The summed E-state index contributed by atoms with van der Waals surface area (Å²) in [6, 6.07) is 9.10. The van der Waals surface area contributed by atoms with Gasteiger partial charge in [0.15, 0.2) is 0 Å². The molecule has 0 unspecified atom stereocenters. The van der Waals surface area contributed by atoms with Crippen molar-refractivity contribution < 1.29 is 4.79 Å². The molecular weight excluding hydrogens is 320 g/mol. The van der Waals surface area contributed by atoms with Gasteiger partial charge in [-0.3, -0.25) is 23.6 Å². The Kier molecular flexibility index (Phi) is 5.93. The first-order valence-electron chi connectivity index (χ1n) is 8.15. The monoisotopic (exact) mass is 344 g/mol. The number of carbonyl (C=O) groups is 1. The summed E-state index contributed by atoms with van der Waals surface area (Å²) in [5.41, 5.74) is 1.72. The van der Waals surface area contributed by atoms with E-state index in [0.29, 0.717) is 12.2 Å². The SMILES string of the molecule is CCc1ccccc1NC(=O)CN(C)Cc1cc(=O)n(C)c(=O)n1C. The molecule has 0 spiro atoms. The zero-order valence-electron chi connectivity index (χ0n) is 15.1. The zero-order chi connectivity index (χ0) is 18.6. The Labute approximate surface area is 146 Å². The maximum atomic E-state index is 12.3. The van der Waals surface area contributed by atoms with Crippen molar-refractivity contribution in [1.82, 2.24) is 14.0 Å². The van der Waals surface area contributed by atoms with E-state index < -0.39 is 0 Å². The summed E-state index contributed by atoms with van der Waals surface area (Å²) >= 11 is 0. The third kappa shape index (κ3) is 4.45. The van der Waals surface area contributed by atoms with Crippen LogP contribution in [0.5, 0.6) is 0 Å². The van der Waals surface area contributed by atoms with E-state index >= 15 is 0 Å². The van der Waals surface area contributed by atoms with Crippen molar-refractivity contribution in [3.63, 3.8) is 0 Å². The lowest BCUT2D eigenvalue weighted by Gasteiger charge is -2.19. The third-order valence-corrected chi connectivity index (χ3v) is 4.14. The van der Waals surface area contributed by atoms with E-state index in [-0.39, 0.29) is 23.7 Å². The summed E-state index contributed by atoms with van der Waals surface area (Å²) in [4.78, 5) is 37.8. The molecule has 0 bridgehead atoms. The minimum absolute atomic E-state index is 0.141. The van der Waals surface area contributed by atoms with Crippen molar-refractivity contribution in [2.45, 2.75) is 19.9 Å². The molecule has 1 aromatic carbocycles. The minimum atomic E-state index is -0.378. The Bertz CT molecular complexity index is 883. The van der Waals surface area contributed by atoms with Crippen molar-refractivity contribution in [3.8, 4) is 0 Å². The first-order chi connectivity index (χ1) is 11.8. The van der Waals surface area contributed by atoms with Crippen LogP contribution in [-0.4, -0.2) is 33.5 Å². The maximum Gasteiger partial charge on any atom is 0.330 e. The Hall–Kier alpha value is -2.67. The second-order valence-electron chi connectivity index (χ2n) is 6.11. The largest absolute Gasteiger partial charge is 0.330 e. The van der Waals surface area contributed by atoms with Gasteiger partial charge in [-0.05, 0) is 25.1 Å². The fourth-order valence-electron chi connectivity index (χ4n) is 2.65. The highest BCUT2D eigenvalue weighted by molar-refractivity contribution is 5.92. The standard InChI is InChI=1S/C18H24N4O3/c1-5-13-8-6-7-9-15(13)19-16(23)12-20(2)11-14-10-17(24)22(4)18(25)21(14)3/h6-10H,5,11-12H2,1-4H3,(H,19,23). The number of rotatable bonds is 6. The fourth-order valence-corrected chi connectivity index (χ4v) is 2.65. The highest BCUT2D eigenvalue weighted by Crippen LogP contribution is 2.15. The van der Waals surface area contributed by atoms with Gasteiger partial charge in [0.25, 0.3) is 5.56 Å². The van der Waals surface area contributed by atoms with Crippen LogP contribution in [0.25, 0.3) is 0 Å². The quantitative estimate of drug-likeness (QED) is 0.838. The van der Waals surface area contributed by atoms with E-state index in [9.17, 15) is 14.4 Å². The number of carbonyl (C=O) groups excluding carboxylic acids is 1. The van der Waals surface area contributed by atoms with Crippen LogP contribution in [-0.2, 0) is 31.9 Å². The number of aryl methyl sites for hydroxylation is 1. The molecule has 134 valence electrons. The van der Waals surface area contributed by atoms with Crippen LogP contribution in [0.3, 0.4) is 0 Å². The molecule has 7 nitrogen and oxygen atoms in total. The van der Waals surface area contributed by atoms with E-state index in [2.05, 4.69) is 5.32 Å². The summed E-state index contributed by atoms with van der Waals surface area (Å²) in [7, 11) is 4.83. The van der Waals surface area contributed by atoms with E-state index in [0.717, 1.165) is 22.2 Å². The topological polar surface area (TPSA) is 76.3 Å². The summed E-state index contributed by atoms with van der Waals surface area (Å²) in [5.74, 6) is -0.141. The summed E-state index contributed by atoms with van der Waals surface area (Å²) in [5, 5.41) is 2.91. The van der Waals surface area contributed by atoms with E-state index in [4.69, 9.17) is 0 Å². The molecule has 0 fully saturated rings. The Morgan fingerprint density at radius 3 is 2.52 bits per heavy atom. The first kappa shape index (κ1) is 18.7. The maximum absolute atomic E-state index is 12.3. The van der Waals surface area contributed by atoms with Crippen molar-refractivity contribution in [2.24, 2.45) is 14.1 Å². The number of amides is 1. The highest BCUT2D eigenvalue weighted by Gasteiger charge is 2.12. The predicted molar refractivity (Wildman–Crippen MR) is 97.7 cm³/mol. The van der Waals surface area contributed by atoms with Gasteiger partial charge in [0.05, 0.1) is 6.54 Å². The van der Waals surface area contributed by atoms with Crippen LogP contribution in [0, 0.1) is 0 Å². The molecule has 0 saturated carbocycles. The molecule has 0 saturated heterocycles. The van der Waals surface area contributed by atoms with Crippen molar-refractivity contribution in [3.05, 3.63) is 62.4 Å². The number of hydrogen-bond acceptors (Lipinski definition) is 4. The van der Waals surface area contributed by atoms with Gasteiger partial charge in [-0.25, -0.2) is 4.79 Å². The second kappa shape index (κ2) is 7.94. The fraction of sp³-hybridized carbons (Fsp3) is 0.389. The van der Waals surface area contributed by atoms with Crippen LogP contribution < -0.4 is 16.6 Å². The van der Waals surface area contributed by atoms with Crippen LogP contribution in [0.1, 0.15) is 18.2 Å². The van der Waals surface area contributed by atoms with Gasteiger partial charge in [0.1, 0.15) is 0 Å². The number of nitrogens with zero attached hydrogens (tertiary/aromatic N) is 3. The predicted octanol–water partition coefficient (Wildman–Crippen LogP) is 0.717. The van der Waals surface area contributed by atoms with Crippen molar-refractivity contribution in [2.75, 3.05) is 18.9 Å². The molecule has 1 N–H and O–H groups in total. The lowest BCUT2D eigenvalue weighted by molar-refractivity contribution is -0.117. The molecule has 0 aliphatic carbocycles. The van der Waals surface area contributed by atoms with Gasteiger partial charge < -0.3 is 5.32 Å². The van der Waals surface area contributed by atoms with Crippen LogP contribution in [0.2, 0.25) is 0 Å². The minimum Gasteiger partial charge on any atom is -0.325 e. The third-order valence-electron chi connectivity index (χ3n) is 4.14. The van der Waals surface area contributed by atoms with Gasteiger partial charge in [-0.15, -0.1) is 0 Å². The molecule has 1 amide bonds. The van der Waals surface area contributed by atoms with E-state index in [1.165, 1.54) is 17.7 Å². The Morgan fingerprint density at radius 2 is 1.84 bits per heavy atom. The Morgan fingerprint density at radius 1 is 1.16 bits per heavy atom. The average molecular weight is 344 g/mol. The average Bonchev–Trinajstić information content (AvgIpc) is 2.58. The molecule has 0 radical (unpaired) electrons. The summed E-state index contributed by atoms with van der Waals surface area (Å²) in [6.07, 6.45) is 0.835. The smallest absolute Gasteiger partial charge is 0.325 e. The lowest BCUT2D eigenvalue weighted by Crippen LogP contribution is -2.40. The summed E-state index contributed by atoms with van der Waals surface area (Å²) < 4.78 is 2.47. The van der Waals surface area contributed by atoms with Gasteiger partial charge in [0.2, 0.25) is 5.91 Å². The normalized spacial score (nSPS) is 10.9.